The molecule has 23 heavy (non-hydrogen) atoms. The Labute approximate surface area is 136 Å². The van der Waals surface area contributed by atoms with Crippen molar-refractivity contribution in [1.82, 2.24) is 15.1 Å². The van der Waals surface area contributed by atoms with E-state index in [4.69, 9.17) is 0 Å². The Bertz CT molecular complexity index is 625. The van der Waals surface area contributed by atoms with E-state index in [1.165, 1.54) is 11.6 Å². The van der Waals surface area contributed by atoms with Gasteiger partial charge in [-0.15, -0.1) is 0 Å². The second-order valence-corrected chi connectivity index (χ2v) is 6.43. The van der Waals surface area contributed by atoms with Crippen LogP contribution in [0.5, 0.6) is 0 Å². The Kier molecular flexibility index (Phi) is 4.50. The molecule has 5 nitrogen and oxygen atoms in total. The number of benzene rings is 1. The zero-order chi connectivity index (χ0) is 16.4. The van der Waals surface area contributed by atoms with E-state index in [1.54, 1.807) is 25.1 Å². The van der Waals surface area contributed by atoms with Crippen LogP contribution >= 0.6 is 0 Å². The van der Waals surface area contributed by atoms with Crippen LogP contribution in [0.2, 0.25) is 0 Å². The number of guanidine groups is 1. The largest absolute Gasteiger partial charge is 0.353 e. The number of amides is 1. The fourth-order valence-corrected chi connectivity index (χ4v) is 2.64. The van der Waals surface area contributed by atoms with Crippen molar-refractivity contribution >= 4 is 11.9 Å². The summed E-state index contributed by atoms with van der Waals surface area (Å²) >= 11 is 0. The third-order valence-electron chi connectivity index (χ3n) is 4.25. The average molecular weight is 318 g/mol. The number of halogens is 1. The highest BCUT2D eigenvalue weighted by molar-refractivity contribution is 5.85. The van der Waals surface area contributed by atoms with Crippen molar-refractivity contribution < 1.29 is 9.18 Å². The third kappa shape index (κ3) is 4.00. The van der Waals surface area contributed by atoms with Crippen molar-refractivity contribution in [3.63, 3.8) is 0 Å². The minimum absolute atomic E-state index is 0.0245. The maximum Gasteiger partial charge on any atom is 0.243 e. The van der Waals surface area contributed by atoms with Gasteiger partial charge in [0.05, 0.1) is 0 Å². The number of rotatable bonds is 3. The van der Waals surface area contributed by atoms with E-state index >= 15 is 0 Å². The van der Waals surface area contributed by atoms with E-state index in [9.17, 15) is 9.18 Å². The van der Waals surface area contributed by atoms with Gasteiger partial charge in [-0.2, -0.15) is 0 Å². The van der Waals surface area contributed by atoms with Crippen LogP contribution in [-0.4, -0.2) is 54.9 Å². The van der Waals surface area contributed by atoms with E-state index in [1.807, 2.05) is 6.07 Å². The molecule has 0 spiro atoms. The number of aliphatic imine (C=N–C) groups is 1. The van der Waals surface area contributed by atoms with Gasteiger partial charge in [-0.3, -0.25) is 4.79 Å². The highest BCUT2D eigenvalue weighted by Gasteiger charge is 2.27. The van der Waals surface area contributed by atoms with Crippen LogP contribution < -0.4 is 5.32 Å². The molecular weight excluding hydrogens is 295 g/mol. The number of carbonyl (C=O) groups excluding carboxylic acids is 1. The minimum atomic E-state index is -0.206. The zero-order valence-corrected chi connectivity index (χ0v) is 13.7. The van der Waals surface area contributed by atoms with Gasteiger partial charge in [-0.25, -0.2) is 9.38 Å². The number of carbonyl (C=O) groups is 1. The van der Waals surface area contributed by atoms with Crippen molar-refractivity contribution in [3.8, 4) is 0 Å². The van der Waals surface area contributed by atoms with E-state index in [-0.39, 0.29) is 18.3 Å². The second kappa shape index (κ2) is 6.56. The van der Waals surface area contributed by atoms with E-state index in [0.717, 1.165) is 37.3 Å². The van der Waals surface area contributed by atoms with Crippen LogP contribution in [-0.2, 0) is 17.8 Å². The maximum atomic E-state index is 13.5. The molecule has 1 aliphatic carbocycles. The summed E-state index contributed by atoms with van der Waals surface area (Å²) in [6.45, 7) is 1.59. The van der Waals surface area contributed by atoms with E-state index in [2.05, 4.69) is 15.2 Å². The molecule has 1 aromatic rings. The summed E-state index contributed by atoms with van der Waals surface area (Å²) in [4.78, 5) is 19.9. The smallest absolute Gasteiger partial charge is 0.243 e. The van der Waals surface area contributed by atoms with Gasteiger partial charge in [0.2, 0.25) is 5.91 Å². The molecule has 1 fully saturated rings. The van der Waals surface area contributed by atoms with Crippen molar-refractivity contribution in [2.75, 3.05) is 27.2 Å². The van der Waals surface area contributed by atoms with Crippen LogP contribution in [0, 0.1) is 5.82 Å². The standard InChI is InChI=1S/C17H23FN4O/c1-21(2)16(23)10-19-17(20-15-5-6-15)22-8-7-12-3-4-14(18)9-13(12)11-22/h3-4,9,15H,5-8,10-11H2,1-2H3,(H,19,20). The molecule has 0 radical (unpaired) electrons. The Hall–Kier alpha value is -2.11. The first-order valence-corrected chi connectivity index (χ1v) is 8.06. The number of likely N-dealkylation sites (N-methyl/N-ethyl adjacent to an activating group) is 1. The fourth-order valence-electron chi connectivity index (χ4n) is 2.64. The van der Waals surface area contributed by atoms with Crippen LogP contribution in [0.15, 0.2) is 23.2 Å². The highest BCUT2D eigenvalue weighted by atomic mass is 19.1. The number of nitrogens with one attached hydrogen (secondary N) is 1. The number of fused-ring (bicyclic) bond motifs is 1. The van der Waals surface area contributed by atoms with Gasteiger partial charge in [-0.1, -0.05) is 6.07 Å². The van der Waals surface area contributed by atoms with Crippen molar-refractivity contribution in [2.45, 2.75) is 31.8 Å². The van der Waals surface area contributed by atoms with Gasteiger partial charge in [0, 0.05) is 33.2 Å². The predicted octanol–water partition coefficient (Wildman–Crippen LogP) is 1.38. The Morgan fingerprint density at radius 2 is 2.17 bits per heavy atom. The van der Waals surface area contributed by atoms with Gasteiger partial charge < -0.3 is 15.1 Å². The maximum absolute atomic E-state index is 13.5. The summed E-state index contributed by atoms with van der Waals surface area (Å²) in [6, 6.07) is 5.43. The molecule has 0 unspecified atom stereocenters. The van der Waals surface area contributed by atoms with E-state index < -0.39 is 0 Å². The summed E-state index contributed by atoms with van der Waals surface area (Å²) in [6.07, 6.45) is 3.14. The minimum Gasteiger partial charge on any atom is -0.353 e. The van der Waals surface area contributed by atoms with Gasteiger partial charge in [0.15, 0.2) is 5.96 Å². The van der Waals surface area contributed by atoms with Crippen molar-refractivity contribution in [1.29, 1.82) is 0 Å². The predicted molar refractivity (Wildman–Crippen MR) is 87.7 cm³/mol. The molecule has 1 heterocycles. The normalized spacial score (nSPS) is 17.7. The molecular formula is C17H23FN4O. The van der Waals surface area contributed by atoms with Crippen LogP contribution in [0.25, 0.3) is 0 Å². The van der Waals surface area contributed by atoms with Crippen LogP contribution in [0.3, 0.4) is 0 Å². The molecule has 3 rings (SSSR count). The lowest BCUT2D eigenvalue weighted by Gasteiger charge is -2.32. The summed E-state index contributed by atoms with van der Waals surface area (Å²) in [5.74, 6) is 0.531. The SMILES string of the molecule is CN(C)C(=O)CN=C(NC1CC1)N1CCc2ccc(F)cc2C1. The molecule has 6 heteroatoms. The third-order valence-corrected chi connectivity index (χ3v) is 4.25. The molecule has 1 amide bonds. The van der Waals surface area contributed by atoms with Crippen LogP contribution in [0.4, 0.5) is 4.39 Å². The van der Waals surface area contributed by atoms with Gasteiger partial charge in [0.1, 0.15) is 12.4 Å². The van der Waals surface area contributed by atoms with Gasteiger partial charge in [0.25, 0.3) is 0 Å². The van der Waals surface area contributed by atoms with Gasteiger partial charge >= 0.3 is 0 Å². The molecule has 2 aliphatic rings. The first kappa shape index (κ1) is 15.8. The van der Waals surface area contributed by atoms with Crippen molar-refractivity contribution in [3.05, 3.63) is 35.1 Å². The van der Waals surface area contributed by atoms with Crippen molar-refractivity contribution in [2.24, 2.45) is 4.99 Å². The lowest BCUT2D eigenvalue weighted by molar-refractivity contribution is -0.127. The van der Waals surface area contributed by atoms with E-state index in [0.29, 0.717) is 12.6 Å². The zero-order valence-electron chi connectivity index (χ0n) is 13.7. The monoisotopic (exact) mass is 318 g/mol. The highest BCUT2D eigenvalue weighted by Crippen LogP contribution is 2.22. The van der Waals surface area contributed by atoms with Gasteiger partial charge in [-0.05, 0) is 42.5 Å². The molecule has 0 bridgehead atoms. The Morgan fingerprint density at radius 1 is 1.39 bits per heavy atom. The molecule has 0 atom stereocenters. The quantitative estimate of drug-likeness (QED) is 0.677. The molecule has 1 N–H and O–H groups in total. The Balaban J connectivity index is 1.74. The topological polar surface area (TPSA) is 47.9 Å². The number of nitrogens with zero attached hydrogens (tertiary/aromatic N) is 3. The molecule has 1 aromatic carbocycles. The molecule has 1 saturated carbocycles. The lowest BCUT2D eigenvalue weighted by atomic mass is 10.00. The lowest BCUT2D eigenvalue weighted by Crippen LogP contribution is -2.45. The number of hydrogen-bond acceptors (Lipinski definition) is 2. The summed E-state index contributed by atoms with van der Waals surface area (Å²) in [7, 11) is 3.46. The average Bonchev–Trinajstić information content (AvgIpc) is 3.34. The Morgan fingerprint density at radius 3 is 2.87 bits per heavy atom. The first-order chi connectivity index (χ1) is 11.0. The number of hydrogen-bond donors (Lipinski definition) is 1. The second-order valence-electron chi connectivity index (χ2n) is 6.43. The molecule has 124 valence electrons. The molecule has 0 saturated heterocycles. The fraction of sp³-hybridized carbons (Fsp3) is 0.529. The first-order valence-electron chi connectivity index (χ1n) is 8.06. The summed E-state index contributed by atoms with van der Waals surface area (Å²) in [5.41, 5.74) is 2.19. The molecule has 1 aliphatic heterocycles. The van der Waals surface area contributed by atoms with Crippen LogP contribution in [0.1, 0.15) is 24.0 Å². The summed E-state index contributed by atoms with van der Waals surface area (Å²) in [5, 5.41) is 3.41. The summed E-state index contributed by atoms with van der Waals surface area (Å²) < 4.78 is 13.5. The molecule has 0 aromatic heterocycles.